The van der Waals surface area contributed by atoms with Crippen molar-refractivity contribution >= 4 is 5.91 Å². The normalized spacial score (nSPS) is 19.4. The van der Waals surface area contributed by atoms with Gasteiger partial charge in [0.05, 0.1) is 6.04 Å². The van der Waals surface area contributed by atoms with E-state index in [-0.39, 0.29) is 11.9 Å². The second-order valence-corrected chi connectivity index (χ2v) is 4.89. The van der Waals surface area contributed by atoms with E-state index >= 15 is 0 Å². The Hall–Kier alpha value is -1.75. The van der Waals surface area contributed by atoms with Crippen LogP contribution in [0.1, 0.15) is 40.9 Å². The number of hydrogen-bond acceptors (Lipinski definition) is 4. The van der Waals surface area contributed by atoms with Crippen LogP contribution in [0.5, 0.6) is 0 Å². The predicted octanol–water partition coefficient (Wildman–Crippen LogP) is 1.47. The third-order valence-electron chi connectivity index (χ3n) is 3.33. The molecule has 1 saturated heterocycles. The molecule has 5 nitrogen and oxygen atoms in total. The Labute approximate surface area is 113 Å². The van der Waals surface area contributed by atoms with Crippen molar-refractivity contribution in [2.45, 2.75) is 25.8 Å². The van der Waals surface area contributed by atoms with E-state index in [9.17, 15) is 4.79 Å². The first-order valence-electron chi connectivity index (χ1n) is 6.56. The lowest BCUT2D eigenvalue weighted by molar-refractivity contribution is 0.0952. The van der Waals surface area contributed by atoms with Crippen LogP contribution in [0.3, 0.4) is 0 Å². The van der Waals surface area contributed by atoms with Crippen molar-refractivity contribution in [1.29, 1.82) is 0 Å². The molecule has 1 N–H and O–H groups in total. The van der Waals surface area contributed by atoms with Gasteiger partial charge in [-0.1, -0.05) is 6.08 Å². The largest absolute Gasteiger partial charge is 0.347 e. The molecular formula is C14H20N4O. The zero-order valence-corrected chi connectivity index (χ0v) is 11.5. The Bertz CT molecular complexity index is 486. The van der Waals surface area contributed by atoms with Crippen LogP contribution in [0, 0.1) is 6.92 Å². The maximum absolute atomic E-state index is 11.9. The Morgan fingerprint density at radius 2 is 2.42 bits per heavy atom. The average Bonchev–Trinajstić information content (AvgIpc) is 2.81. The Morgan fingerprint density at radius 1 is 1.63 bits per heavy atom. The molecular weight excluding hydrogens is 240 g/mol. The Morgan fingerprint density at radius 3 is 3.05 bits per heavy atom. The van der Waals surface area contributed by atoms with Crippen LogP contribution in [-0.4, -0.2) is 40.9 Å². The number of hydrogen-bond donors (Lipinski definition) is 1. The standard InChI is InChI=1S/C14H20N4O/c1-4-7-15-14(19)11-9-10(2)16-13(17-11)12-6-5-8-18(12)3/h4,9,12H,1,5-8H2,2-3H3,(H,15,19). The molecule has 1 atom stereocenters. The fourth-order valence-corrected chi connectivity index (χ4v) is 2.35. The molecule has 102 valence electrons. The first-order valence-corrected chi connectivity index (χ1v) is 6.56. The van der Waals surface area contributed by atoms with Crippen LogP contribution in [0.25, 0.3) is 0 Å². The van der Waals surface area contributed by atoms with Gasteiger partial charge in [-0.05, 0) is 39.4 Å². The van der Waals surface area contributed by atoms with E-state index in [0.29, 0.717) is 12.2 Å². The second-order valence-electron chi connectivity index (χ2n) is 4.89. The molecule has 0 bridgehead atoms. The summed E-state index contributed by atoms with van der Waals surface area (Å²) in [6, 6.07) is 1.95. The number of nitrogens with zero attached hydrogens (tertiary/aromatic N) is 3. The number of likely N-dealkylation sites (tertiary alicyclic amines) is 1. The Kier molecular flexibility index (Phi) is 4.27. The van der Waals surface area contributed by atoms with Crippen LogP contribution in [0.2, 0.25) is 0 Å². The summed E-state index contributed by atoms with van der Waals surface area (Å²) in [5.74, 6) is 0.580. The average molecular weight is 260 g/mol. The van der Waals surface area contributed by atoms with Crippen molar-refractivity contribution in [1.82, 2.24) is 20.2 Å². The highest BCUT2D eigenvalue weighted by Crippen LogP contribution is 2.28. The molecule has 2 heterocycles. The van der Waals surface area contributed by atoms with Gasteiger partial charge >= 0.3 is 0 Å². The molecule has 1 aromatic rings. The number of carbonyl (C=O) groups is 1. The summed E-state index contributed by atoms with van der Waals surface area (Å²) < 4.78 is 0. The molecule has 2 rings (SSSR count). The zero-order valence-electron chi connectivity index (χ0n) is 11.5. The minimum Gasteiger partial charge on any atom is -0.347 e. The highest BCUT2D eigenvalue weighted by molar-refractivity contribution is 5.92. The minimum atomic E-state index is -0.174. The van der Waals surface area contributed by atoms with Gasteiger partial charge in [0, 0.05) is 12.2 Å². The van der Waals surface area contributed by atoms with Crippen molar-refractivity contribution in [3.05, 3.63) is 35.9 Å². The Balaban J connectivity index is 2.24. The third kappa shape index (κ3) is 3.17. The molecule has 1 aliphatic heterocycles. The lowest BCUT2D eigenvalue weighted by Crippen LogP contribution is -2.26. The highest BCUT2D eigenvalue weighted by atomic mass is 16.1. The van der Waals surface area contributed by atoms with Crippen molar-refractivity contribution in [2.75, 3.05) is 20.1 Å². The van der Waals surface area contributed by atoms with Gasteiger partial charge in [-0.3, -0.25) is 9.69 Å². The highest BCUT2D eigenvalue weighted by Gasteiger charge is 2.26. The topological polar surface area (TPSA) is 58.1 Å². The second kappa shape index (κ2) is 5.93. The quantitative estimate of drug-likeness (QED) is 0.833. The van der Waals surface area contributed by atoms with Gasteiger partial charge in [-0.15, -0.1) is 6.58 Å². The van der Waals surface area contributed by atoms with Gasteiger partial charge in [0.15, 0.2) is 0 Å². The van der Waals surface area contributed by atoms with E-state index in [1.54, 1.807) is 12.1 Å². The van der Waals surface area contributed by atoms with Crippen molar-refractivity contribution in [3.63, 3.8) is 0 Å². The van der Waals surface area contributed by atoms with Crippen LogP contribution < -0.4 is 5.32 Å². The number of rotatable bonds is 4. The molecule has 5 heteroatoms. The molecule has 1 fully saturated rings. The lowest BCUT2D eigenvalue weighted by atomic mass is 10.2. The van der Waals surface area contributed by atoms with Crippen LogP contribution in [0.15, 0.2) is 18.7 Å². The van der Waals surface area contributed by atoms with E-state index in [0.717, 1.165) is 30.9 Å². The van der Waals surface area contributed by atoms with Gasteiger partial charge in [-0.2, -0.15) is 0 Å². The monoisotopic (exact) mass is 260 g/mol. The zero-order chi connectivity index (χ0) is 13.8. The summed E-state index contributed by atoms with van der Waals surface area (Å²) in [6.07, 6.45) is 3.85. The first-order chi connectivity index (χ1) is 9.11. The molecule has 0 spiro atoms. The summed E-state index contributed by atoms with van der Waals surface area (Å²) >= 11 is 0. The minimum absolute atomic E-state index is 0.174. The maximum atomic E-state index is 11.9. The fraction of sp³-hybridized carbons (Fsp3) is 0.500. The maximum Gasteiger partial charge on any atom is 0.270 e. The van der Waals surface area contributed by atoms with E-state index < -0.39 is 0 Å². The molecule has 0 saturated carbocycles. The number of nitrogens with one attached hydrogen (secondary N) is 1. The van der Waals surface area contributed by atoms with Crippen LogP contribution in [0.4, 0.5) is 0 Å². The molecule has 0 aliphatic carbocycles. The van der Waals surface area contributed by atoms with Gasteiger partial charge in [0.1, 0.15) is 11.5 Å². The summed E-state index contributed by atoms with van der Waals surface area (Å²) in [6.45, 7) is 6.97. The molecule has 1 unspecified atom stereocenters. The molecule has 1 amide bonds. The smallest absolute Gasteiger partial charge is 0.270 e. The first kappa shape index (κ1) is 13.7. The fourth-order valence-electron chi connectivity index (χ4n) is 2.35. The number of aryl methyl sites for hydroxylation is 1. The summed E-state index contributed by atoms with van der Waals surface area (Å²) in [5.41, 5.74) is 1.26. The number of amides is 1. The van der Waals surface area contributed by atoms with E-state index in [2.05, 4.69) is 33.8 Å². The van der Waals surface area contributed by atoms with Crippen molar-refractivity contribution < 1.29 is 4.79 Å². The van der Waals surface area contributed by atoms with Crippen LogP contribution in [-0.2, 0) is 0 Å². The summed E-state index contributed by atoms with van der Waals surface area (Å²) in [7, 11) is 2.07. The van der Waals surface area contributed by atoms with Gasteiger partial charge in [0.2, 0.25) is 0 Å². The van der Waals surface area contributed by atoms with Crippen molar-refractivity contribution in [2.24, 2.45) is 0 Å². The number of aromatic nitrogens is 2. The molecule has 0 aromatic carbocycles. The molecule has 0 radical (unpaired) electrons. The van der Waals surface area contributed by atoms with E-state index in [1.807, 2.05) is 6.92 Å². The van der Waals surface area contributed by atoms with Crippen molar-refractivity contribution in [3.8, 4) is 0 Å². The summed E-state index contributed by atoms with van der Waals surface area (Å²) in [5, 5.41) is 2.74. The van der Waals surface area contributed by atoms with Gasteiger partial charge in [-0.25, -0.2) is 9.97 Å². The van der Waals surface area contributed by atoms with E-state index in [1.165, 1.54) is 0 Å². The number of carbonyl (C=O) groups excluding carboxylic acids is 1. The van der Waals surface area contributed by atoms with E-state index in [4.69, 9.17) is 0 Å². The third-order valence-corrected chi connectivity index (χ3v) is 3.33. The van der Waals surface area contributed by atoms with Crippen LogP contribution >= 0.6 is 0 Å². The van der Waals surface area contributed by atoms with Gasteiger partial charge < -0.3 is 5.32 Å². The lowest BCUT2D eigenvalue weighted by Gasteiger charge is -2.18. The van der Waals surface area contributed by atoms with Gasteiger partial charge in [0.25, 0.3) is 5.91 Å². The molecule has 19 heavy (non-hydrogen) atoms. The predicted molar refractivity (Wildman–Crippen MR) is 73.9 cm³/mol. The molecule has 1 aromatic heterocycles. The summed E-state index contributed by atoms with van der Waals surface area (Å²) in [4.78, 5) is 23.1. The SMILES string of the molecule is C=CCNC(=O)c1cc(C)nc(C2CCCN2C)n1. The molecule has 1 aliphatic rings.